The van der Waals surface area contributed by atoms with Crippen LogP contribution in [0, 0.1) is 5.82 Å². The molecule has 1 aromatic carbocycles. The van der Waals surface area contributed by atoms with Crippen molar-refractivity contribution < 1.29 is 23.2 Å². The maximum atomic E-state index is 14.1. The van der Waals surface area contributed by atoms with Crippen molar-refractivity contribution in [1.29, 1.82) is 0 Å². The number of hydrogen-bond acceptors (Lipinski definition) is 7. The van der Waals surface area contributed by atoms with Gasteiger partial charge in [0.2, 0.25) is 5.82 Å². The topological polar surface area (TPSA) is 77.7 Å². The van der Waals surface area contributed by atoms with Gasteiger partial charge in [0, 0.05) is 22.5 Å². The number of carbonyl (C=O) groups excluding carboxylic acids is 1. The van der Waals surface area contributed by atoms with Crippen molar-refractivity contribution in [2.75, 3.05) is 6.26 Å². The maximum Gasteiger partial charge on any atom is 0.410 e. The van der Waals surface area contributed by atoms with Crippen LogP contribution in [0.4, 0.5) is 9.18 Å². The Morgan fingerprint density at radius 3 is 2.56 bits per heavy atom. The molecule has 9 heteroatoms. The first kappa shape index (κ1) is 23.0. The minimum absolute atomic E-state index is 0.00477. The second kappa shape index (κ2) is 9.02. The zero-order chi connectivity index (χ0) is 23.0. The fraction of sp³-hybridized carbons (Fsp3) is 0.609. The first-order valence-electron chi connectivity index (χ1n) is 11.0. The highest BCUT2D eigenvalue weighted by Crippen LogP contribution is 2.39. The molecule has 32 heavy (non-hydrogen) atoms. The molecular formula is C23H30FN3O4S. The van der Waals surface area contributed by atoms with Gasteiger partial charge in [-0.2, -0.15) is 4.98 Å². The van der Waals surface area contributed by atoms with Gasteiger partial charge in [0.1, 0.15) is 17.5 Å². The van der Waals surface area contributed by atoms with E-state index in [4.69, 9.17) is 14.0 Å². The van der Waals surface area contributed by atoms with Crippen LogP contribution in [0.5, 0.6) is 0 Å². The van der Waals surface area contributed by atoms with E-state index in [2.05, 4.69) is 10.1 Å². The molecule has 0 saturated carbocycles. The minimum Gasteiger partial charge on any atom is -0.444 e. The molecule has 3 heterocycles. The molecule has 2 aliphatic heterocycles. The van der Waals surface area contributed by atoms with Crippen LogP contribution in [-0.4, -0.2) is 51.2 Å². The molecule has 0 N–H and O–H groups in total. The molecule has 3 atom stereocenters. The average Bonchev–Trinajstić information content (AvgIpc) is 3.30. The molecule has 2 aromatic rings. The number of ether oxygens (including phenoxy) is 2. The van der Waals surface area contributed by atoms with Gasteiger partial charge >= 0.3 is 6.09 Å². The number of benzene rings is 1. The highest BCUT2D eigenvalue weighted by molar-refractivity contribution is 7.98. The van der Waals surface area contributed by atoms with Gasteiger partial charge in [-0.15, -0.1) is 11.8 Å². The van der Waals surface area contributed by atoms with Gasteiger partial charge in [0.15, 0.2) is 0 Å². The molecule has 4 rings (SSSR count). The van der Waals surface area contributed by atoms with E-state index in [9.17, 15) is 9.18 Å². The number of amides is 1. The lowest BCUT2D eigenvalue weighted by molar-refractivity contribution is -0.0680. The molecule has 2 bridgehead atoms. The highest BCUT2D eigenvalue weighted by atomic mass is 32.2. The third-order valence-electron chi connectivity index (χ3n) is 5.89. The van der Waals surface area contributed by atoms with E-state index in [1.165, 1.54) is 17.8 Å². The van der Waals surface area contributed by atoms with Gasteiger partial charge in [-0.05, 0) is 77.8 Å². The monoisotopic (exact) mass is 463 g/mol. The van der Waals surface area contributed by atoms with Crippen LogP contribution in [0.1, 0.15) is 65.4 Å². The quantitative estimate of drug-likeness (QED) is 0.534. The third-order valence-corrected chi connectivity index (χ3v) is 6.66. The summed E-state index contributed by atoms with van der Waals surface area (Å²) in [6, 6.07) is 5.14. The molecule has 0 radical (unpaired) electrons. The first-order chi connectivity index (χ1) is 15.1. The van der Waals surface area contributed by atoms with Crippen molar-refractivity contribution in [2.24, 2.45) is 0 Å². The second-order valence-electron chi connectivity index (χ2n) is 9.45. The van der Waals surface area contributed by atoms with Crippen LogP contribution in [0.25, 0.3) is 11.4 Å². The number of thioether (sulfide) groups is 1. The Labute approximate surface area is 192 Å². The van der Waals surface area contributed by atoms with Crippen LogP contribution in [0.3, 0.4) is 0 Å². The van der Waals surface area contributed by atoms with Crippen molar-refractivity contribution in [3.8, 4) is 11.4 Å². The fourth-order valence-electron chi connectivity index (χ4n) is 4.52. The zero-order valence-corrected chi connectivity index (χ0v) is 19.9. The standard InChI is InChI=1S/C23H30FN3O4S/c1-13(21-25-20(26-31-21)14-6-9-19(32-5)18(24)10-14)29-17-11-15-7-8-16(12-17)27(15)22(28)30-23(2,3)4/h6,9-10,13,15-17H,7-8,11-12H2,1-5H3. The largest absolute Gasteiger partial charge is 0.444 e. The molecule has 174 valence electrons. The summed E-state index contributed by atoms with van der Waals surface area (Å²) in [6.07, 6.45) is 4.61. The summed E-state index contributed by atoms with van der Waals surface area (Å²) < 4.78 is 31.3. The van der Waals surface area contributed by atoms with Crippen LogP contribution < -0.4 is 0 Å². The molecular weight excluding hydrogens is 433 g/mol. The molecule has 2 aliphatic rings. The smallest absolute Gasteiger partial charge is 0.410 e. The molecule has 3 unspecified atom stereocenters. The Morgan fingerprint density at radius 2 is 1.97 bits per heavy atom. The predicted molar refractivity (Wildman–Crippen MR) is 119 cm³/mol. The molecule has 0 spiro atoms. The summed E-state index contributed by atoms with van der Waals surface area (Å²) in [4.78, 5) is 19.5. The Bertz CT molecular complexity index is 962. The summed E-state index contributed by atoms with van der Waals surface area (Å²) in [5, 5.41) is 4.00. The van der Waals surface area contributed by atoms with E-state index in [-0.39, 0.29) is 30.1 Å². The van der Waals surface area contributed by atoms with Gasteiger partial charge in [0.05, 0.1) is 6.10 Å². The summed E-state index contributed by atoms with van der Waals surface area (Å²) in [7, 11) is 0. The average molecular weight is 464 g/mol. The van der Waals surface area contributed by atoms with E-state index in [0.29, 0.717) is 22.2 Å². The van der Waals surface area contributed by atoms with Crippen LogP contribution in [-0.2, 0) is 9.47 Å². The molecule has 0 aliphatic carbocycles. The summed E-state index contributed by atoms with van der Waals surface area (Å²) in [5.74, 6) is 0.385. The van der Waals surface area contributed by atoms with Crippen molar-refractivity contribution in [3.05, 3.63) is 29.9 Å². The zero-order valence-electron chi connectivity index (χ0n) is 19.1. The second-order valence-corrected chi connectivity index (χ2v) is 10.3. The lowest BCUT2D eigenvalue weighted by atomic mass is 10.00. The number of hydrogen-bond donors (Lipinski definition) is 0. The van der Waals surface area contributed by atoms with E-state index < -0.39 is 11.7 Å². The van der Waals surface area contributed by atoms with Crippen LogP contribution in [0.2, 0.25) is 0 Å². The summed E-state index contributed by atoms with van der Waals surface area (Å²) >= 11 is 1.35. The number of fused-ring (bicyclic) bond motifs is 2. The van der Waals surface area contributed by atoms with E-state index in [1.54, 1.807) is 12.1 Å². The van der Waals surface area contributed by atoms with Crippen molar-refractivity contribution >= 4 is 17.9 Å². The van der Waals surface area contributed by atoms with Crippen LogP contribution in [0.15, 0.2) is 27.6 Å². The number of carbonyl (C=O) groups is 1. The van der Waals surface area contributed by atoms with Crippen molar-refractivity contribution in [3.63, 3.8) is 0 Å². The van der Waals surface area contributed by atoms with E-state index in [1.807, 2.05) is 38.9 Å². The SMILES string of the molecule is CSc1ccc(-c2noc(C(C)OC3CC4CCC(C3)N4C(=O)OC(C)(C)C)n2)cc1F. The lowest BCUT2D eigenvalue weighted by Gasteiger charge is -2.39. The van der Waals surface area contributed by atoms with E-state index >= 15 is 0 Å². The van der Waals surface area contributed by atoms with E-state index in [0.717, 1.165) is 25.7 Å². The fourth-order valence-corrected chi connectivity index (χ4v) is 4.98. The molecule has 7 nitrogen and oxygen atoms in total. The molecule has 2 fully saturated rings. The molecule has 1 aromatic heterocycles. The van der Waals surface area contributed by atoms with Crippen molar-refractivity contribution in [2.45, 2.75) is 88.2 Å². The lowest BCUT2D eigenvalue weighted by Crippen LogP contribution is -2.50. The van der Waals surface area contributed by atoms with Crippen molar-refractivity contribution in [1.82, 2.24) is 15.0 Å². The van der Waals surface area contributed by atoms with Gasteiger partial charge in [-0.1, -0.05) is 5.16 Å². The Morgan fingerprint density at radius 1 is 1.28 bits per heavy atom. The first-order valence-corrected chi connectivity index (χ1v) is 12.2. The summed E-state index contributed by atoms with van der Waals surface area (Å²) in [6.45, 7) is 7.52. The Hall–Kier alpha value is -2.13. The van der Waals surface area contributed by atoms with Gasteiger partial charge in [-0.25, -0.2) is 9.18 Å². The minimum atomic E-state index is -0.507. The molecule has 1 amide bonds. The number of aromatic nitrogens is 2. The van der Waals surface area contributed by atoms with Crippen LogP contribution >= 0.6 is 11.8 Å². The van der Waals surface area contributed by atoms with Gasteiger partial charge in [0.25, 0.3) is 5.89 Å². The summed E-state index contributed by atoms with van der Waals surface area (Å²) in [5.41, 5.74) is 0.0540. The highest BCUT2D eigenvalue weighted by Gasteiger charge is 2.45. The number of piperidine rings is 1. The predicted octanol–water partition coefficient (Wildman–Crippen LogP) is 5.61. The van der Waals surface area contributed by atoms with Gasteiger partial charge < -0.3 is 18.9 Å². The number of halogens is 1. The Balaban J connectivity index is 1.38. The van der Waals surface area contributed by atoms with Gasteiger partial charge in [-0.3, -0.25) is 0 Å². The number of nitrogens with zero attached hydrogens (tertiary/aromatic N) is 3. The normalized spacial score (nSPS) is 23.9. The Kier molecular flexibility index (Phi) is 6.49. The maximum absolute atomic E-state index is 14.1. The molecule has 2 saturated heterocycles. The third kappa shape index (κ3) is 4.93. The number of rotatable bonds is 5.